The third-order valence-corrected chi connectivity index (χ3v) is 2.96. The molecule has 0 atom stereocenters. The molecule has 0 amide bonds. The van der Waals surface area contributed by atoms with Crippen molar-refractivity contribution in [2.75, 3.05) is 5.32 Å². The summed E-state index contributed by atoms with van der Waals surface area (Å²) in [5, 5.41) is 3.37. The Morgan fingerprint density at radius 3 is 2.62 bits per heavy atom. The number of rotatable bonds is 3. The molecular weight excluding hydrogens is 264 g/mol. The van der Waals surface area contributed by atoms with Gasteiger partial charge in [-0.25, -0.2) is 0 Å². The molecule has 3 heteroatoms. The Labute approximate surface area is 104 Å². The summed E-state index contributed by atoms with van der Waals surface area (Å²) in [6.45, 7) is 2.89. The van der Waals surface area contributed by atoms with Crippen LogP contribution in [0.15, 0.2) is 47.2 Å². The number of pyridine rings is 1. The Hall–Kier alpha value is -1.35. The molecule has 0 spiro atoms. The van der Waals surface area contributed by atoms with Crippen LogP contribution in [0.5, 0.6) is 0 Å². The van der Waals surface area contributed by atoms with E-state index in [-0.39, 0.29) is 0 Å². The first-order valence-corrected chi connectivity index (χ1v) is 5.94. The minimum absolute atomic E-state index is 0.819. The van der Waals surface area contributed by atoms with Crippen LogP contribution in [0.2, 0.25) is 0 Å². The smallest absolute Gasteiger partial charge is 0.0559 e. The minimum atomic E-state index is 0.819. The van der Waals surface area contributed by atoms with E-state index in [1.54, 1.807) is 6.20 Å². The van der Waals surface area contributed by atoms with Gasteiger partial charge in [0.2, 0.25) is 0 Å². The zero-order valence-corrected chi connectivity index (χ0v) is 10.7. The molecule has 0 aliphatic rings. The van der Waals surface area contributed by atoms with Gasteiger partial charge in [0, 0.05) is 17.2 Å². The molecule has 0 unspecified atom stereocenters. The third kappa shape index (κ3) is 2.83. The number of nitrogens with one attached hydrogen (secondary N) is 1. The predicted molar refractivity (Wildman–Crippen MR) is 70.4 cm³/mol. The van der Waals surface area contributed by atoms with E-state index in [4.69, 9.17) is 0 Å². The standard InChI is InChI=1S/C13H13BrN2/c1-10-6-7-15-9-13(10)16-8-11-2-4-12(14)5-3-11/h2-7,9,16H,8H2,1H3. The van der Waals surface area contributed by atoms with Crippen LogP contribution in [0.3, 0.4) is 0 Å². The summed E-state index contributed by atoms with van der Waals surface area (Å²) in [5.74, 6) is 0. The molecule has 0 radical (unpaired) electrons. The van der Waals surface area contributed by atoms with Crippen LogP contribution in [0.25, 0.3) is 0 Å². The highest BCUT2D eigenvalue weighted by molar-refractivity contribution is 9.10. The predicted octanol–water partition coefficient (Wildman–Crippen LogP) is 3.76. The molecule has 0 saturated heterocycles. The average molecular weight is 277 g/mol. The number of benzene rings is 1. The zero-order valence-electron chi connectivity index (χ0n) is 9.07. The normalized spacial score (nSPS) is 10.1. The minimum Gasteiger partial charge on any atom is -0.380 e. The second-order valence-electron chi connectivity index (χ2n) is 3.67. The first kappa shape index (κ1) is 11.1. The Kier molecular flexibility index (Phi) is 3.57. The van der Waals surface area contributed by atoms with Crippen molar-refractivity contribution in [1.82, 2.24) is 4.98 Å². The van der Waals surface area contributed by atoms with Gasteiger partial charge in [0.05, 0.1) is 11.9 Å². The van der Waals surface area contributed by atoms with E-state index in [9.17, 15) is 0 Å². The summed E-state index contributed by atoms with van der Waals surface area (Å²) in [4.78, 5) is 4.10. The lowest BCUT2D eigenvalue weighted by molar-refractivity contribution is 1.12. The summed E-state index contributed by atoms with van der Waals surface area (Å²) < 4.78 is 1.11. The summed E-state index contributed by atoms with van der Waals surface area (Å²) >= 11 is 3.42. The average Bonchev–Trinajstić information content (AvgIpc) is 2.30. The summed E-state index contributed by atoms with van der Waals surface area (Å²) in [5.41, 5.74) is 3.56. The van der Waals surface area contributed by atoms with Gasteiger partial charge >= 0.3 is 0 Å². The van der Waals surface area contributed by atoms with Gasteiger partial charge in [-0.1, -0.05) is 28.1 Å². The lowest BCUT2D eigenvalue weighted by atomic mass is 10.2. The Bertz CT molecular complexity index is 466. The first-order valence-electron chi connectivity index (χ1n) is 5.14. The quantitative estimate of drug-likeness (QED) is 0.923. The molecule has 1 aromatic carbocycles. The number of aryl methyl sites for hydroxylation is 1. The lowest BCUT2D eigenvalue weighted by Crippen LogP contribution is -2.01. The number of hydrogen-bond donors (Lipinski definition) is 1. The van der Waals surface area contributed by atoms with Crippen LogP contribution in [0.4, 0.5) is 5.69 Å². The van der Waals surface area contributed by atoms with Crippen LogP contribution in [-0.2, 0) is 6.54 Å². The third-order valence-electron chi connectivity index (χ3n) is 2.44. The molecule has 1 heterocycles. The lowest BCUT2D eigenvalue weighted by Gasteiger charge is -2.08. The summed E-state index contributed by atoms with van der Waals surface area (Å²) in [6, 6.07) is 10.3. The highest BCUT2D eigenvalue weighted by atomic mass is 79.9. The van der Waals surface area contributed by atoms with Crippen molar-refractivity contribution < 1.29 is 0 Å². The van der Waals surface area contributed by atoms with E-state index in [1.165, 1.54) is 11.1 Å². The molecule has 2 nitrogen and oxygen atoms in total. The summed E-state index contributed by atoms with van der Waals surface area (Å²) in [6.07, 6.45) is 3.66. The molecule has 1 N–H and O–H groups in total. The zero-order chi connectivity index (χ0) is 11.4. The first-order chi connectivity index (χ1) is 7.75. The molecule has 1 aromatic heterocycles. The fourth-order valence-corrected chi connectivity index (χ4v) is 1.71. The summed E-state index contributed by atoms with van der Waals surface area (Å²) in [7, 11) is 0. The number of nitrogens with zero attached hydrogens (tertiary/aromatic N) is 1. The van der Waals surface area contributed by atoms with Gasteiger partial charge < -0.3 is 5.32 Å². The molecule has 0 bridgehead atoms. The van der Waals surface area contributed by atoms with Crippen LogP contribution in [0, 0.1) is 6.92 Å². The van der Waals surface area contributed by atoms with Gasteiger partial charge in [0.1, 0.15) is 0 Å². The van der Waals surface area contributed by atoms with E-state index in [0.717, 1.165) is 16.7 Å². The van der Waals surface area contributed by atoms with Gasteiger partial charge in [-0.05, 0) is 36.2 Å². The van der Waals surface area contributed by atoms with Crippen molar-refractivity contribution in [2.24, 2.45) is 0 Å². The fraction of sp³-hybridized carbons (Fsp3) is 0.154. The van der Waals surface area contributed by atoms with Gasteiger partial charge in [-0.15, -0.1) is 0 Å². The number of hydrogen-bond acceptors (Lipinski definition) is 2. The SMILES string of the molecule is Cc1ccncc1NCc1ccc(Br)cc1. The van der Waals surface area contributed by atoms with E-state index in [0.29, 0.717) is 0 Å². The maximum atomic E-state index is 4.10. The molecule has 2 rings (SSSR count). The largest absolute Gasteiger partial charge is 0.380 e. The van der Waals surface area contributed by atoms with Crippen molar-refractivity contribution in [3.05, 3.63) is 58.3 Å². The van der Waals surface area contributed by atoms with Crippen LogP contribution < -0.4 is 5.32 Å². The molecule has 0 aliphatic heterocycles. The topological polar surface area (TPSA) is 24.9 Å². The van der Waals surface area contributed by atoms with Gasteiger partial charge in [0.25, 0.3) is 0 Å². The van der Waals surface area contributed by atoms with Gasteiger partial charge in [-0.2, -0.15) is 0 Å². The molecule has 0 fully saturated rings. The maximum Gasteiger partial charge on any atom is 0.0559 e. The molecule has 82 valence electrons. The van der Waals surface area contributed by atoms with E-state index < -0.39 is 0 Å². The van der Waals surface area contributed by atoms with E-state index >= 15 is 0 Å². The van der Waals surface area contributed by atoms with Crippen LogP contribution in [-0.4, -0.2) is 4.98 Å². The number of anilines is 1. The van der Waals surface area contributed by atoms with Gasteiger partial charge in [-0.3, -0.25) is 4.98 Å². The van der Waals surface area contributed by atoms with Crippen LogP contribution >= 0.6 is 15.9 Å². The fourth-order valence-electron chi connectivity index (χ4n) is 1.45. The van der Waals surface area contributed by atoms with Crippen molar-refractivity contribution in [1.29, 1.82) is 0 Å². The van der Waals surface area contributed by atoms with Crippen molar-refractivity contribution in [2.45, 2.75) is 13.5 Å². The Morgan fingerprint density at radius 2 is 1.94 bits per heavy atom. The molecule has 0 aliphatic carbocycles. The van der Waals surface area contributed by atoms with E-state index in [2.05, 4.69) is 45.3 Å². The number of halogens is 1. The van der Waals surface area contributed by atoms with E-state index in [1.807, 2.05) is 24.4 Å². The van der Waals surface area contributed by atoms with Crippen molar-refractivity contribution >= 4 is 21.6 Å². The Balaban J connectivity index is 2.02. The van der Waals surface area contributed by atoms with Crippen molar-refractivity contribution in [3.8, 4) is 0 Å². The Morgan fingerprint density at radius 1 is 1.19 bits per heavy atom. The highest BCUT2D eigenvalue weighted by Gasteiger charge is 1.97. The van der Waals surface area contributed by atoms with Crippen LogP contribution in [0.1, 0.15) is 11.1 Å². The monoisotopic (exact) mass is 276 g/mol. The highest BCUT2D eigenvalue weighted by Crippen LogP contribution is 2.14. The van der Waals surface area contributed by atoms with Crippen molar-refractivity contribution in [3.63, 3.8) is 0 Å². The van der Waals surface area contributed by atoms with Gasteiger partial charge in [0.15, 0.2) is 0 Å². The molecule has 16 heavy (non-hydrogen) atoms. The maximum absolute atomic E-state index is 4.10. The second-order valence-corrected chi connectivity index (χ2v) is 4.59. The second kappa shape index (κ2) is 5.12. The number of aromatic nitrogens is 1. The molecular formula is C13H13BrN2. The molecule has 2 aromatic rings. The molecule has 0 saturated carbocycles.